The Bertz CT molecular complexity index is 684. The molecule has 24 heavy (non-hydrogen) atoms. The summed E-state index contributed by atoms with van der Waals surface area (Å²) in [5.74, 6) is -0.934. The van der Waals surface area contributed by atoms with Gasteiger partial charge in [-0.15, -0.1) is 19.0 Å². The number of benzene rings is 1. The van der Waals surface area contributed by atoms with Gasteiger partial charge in [0.1, 0.15) is 0 Å². The molecule has 2 heterocycles. The number of rotatable bonds is 4. The quantitative estimate of drug-likeness (QED) is 0.635. The number of amides is 3. The number of carbonyl (C=O) groups is 3. The van der Waals surface area contributed by atoms with Gasteiger partial charge in [-0.3, -0.25) is 19.3 Å². The highest BCUT2D eigenvalue weighted by molar-refractivity contribution is 6.22. The van der Waals surface area contributed by atoms with Crippen molar-refractivity contribution in [2.45, 2.75) is 18.9 Å². The molecule has 1 fully saturated rings. The van der Waals surface area contributed by atoms with E-state index in [1.165, 1.54) is 12.1 Å². The van der Waals surface area contributed by atoms with E-state index >= 15 is 0 Å². The van der Waals surface area contributed by atoms with Crippen molar-refractivity contribution in [3.63, 3.8) is 0 Å². The van der Waals surface area contributed by atoms with Crippen LogP contribution in [0, 0.1) is 0 Å². The molecule has 3 amide bonds. The minimum absolute atomic E-state index is 0. The summed E-state index contributed by atoms with van der Waals surface area (Å²) in [7, 11) is 0. The van der Waals surface area contributed by atoms with E-state index in [1.54, 1.807) is 12.1 Å². The fraction of sp³-hybridized carbons (Fsp3) is 0.353. The van der Waals surface area contributed by atoms with Gasteiger partial charge in [0, 0.05) is 24.7 Å². The molecule has 0 spiro atoms. The molecule has 3 rings (SSSR count). The Hall–Kier alpha value is -2.18. The van der Waals surface area contributed by atoms with E-state index < -0.39 is 0 Å². The van der Waals surface area contributed by atoms with Gasteiger partial charge < -0.3 is 10.6 Å². The van der Waals surface area contributed by atoms with Crippen LogP contribution in [0.25, 0.3) is 0 Å². The molecular formula is C17H20ClN3O3. The van der Waals surface area contributed by atoms with Gasteiger partial charge in [-0.1, -0.05) is 6.08 Å². The third-order valence-electron chi connectivity index (χ3n) is 4.18. The zero-order valence-corrected chi connectivity index (χ0v) is 14.0. The van der Waals surface area contributed by atoms with Gasteiger partial charge in [-0.2, -0.15) is 0 Å². The molecular weight excluding hydrogens is 330 g/mol. The lowest BCUT2D eigenvalue weighted by molar-refractivity contribution is 0.0672. The van der Waals surface area contributed by atoms with Gasteiger partial charge in [-0.05, 0) is 37.6 Å². The second kappa shape index (κ2) is 7.59. The highest BCUT2D eigenvalue weighted by atomic mass is 35.5. The molecule has 0 unspecified atom stereocenters. The predicted octanol–water partition coefficient (Wildman–Crippen LogP) is 1.37. The van der Waals surface area contributed by atoms with Gasteiger partial charge in [0.2, 0.25) is 0 Å². The summed E-state index contributed by atoms with van der Waals surface area (Å²) in [5, 5.41) is 6.20. The maximum Gasteiger partial charge on any atom is 0.261 e. The summed E-state index contributed by atoms with van der Waals surface area (Å²) >= 11 is 0. The Morgan fingerprint density at radius 3 is 2.75 bits per heavy atom. The van der Waals surface area contributed by atoms with Crippen molar-refractivity contribution in [1.29, 1.82) is 0 Å². The Kier molecular flexibility index (Phi) is 5.75. The molecule has 6 nitrogen and oxygen atoms in total. The fourth-order valence-electron chi connectivity index (χ4n) is 2.97. The van der Waals surface area contributed by atoms with Crippen molar-refractivity contribution in [1.82, 2.24) is 15.5 Å². The van der Waals surface area contributed by atoms with Crippen LogP contribution in [0.3, 0.4) is 0 Å². The van der Waals surface area contributed by atoms with E-state index in [1.807, 2.05) is 0 Å². The first-order valence-corrected chi connectivity index (χ1v) is 7.74. The van der Waals surface area contributed by atoms with E-state index in [0.717, 1.165) is 30.8 Å². The third kappa shape index (κ3) is 3.34. The van der Waals surface area contributed by atoms with E-state index in [2.05, 4.69) is 17.2 Å². The van der Waals surface area contributed by atoms with Crippen molar-refractivity contribution < 1.29 is 14.4 Å². The zero-order chi connectivity index (χ0) is 16.4. The number of imide groups is 1. The summed E-state index contributed by atoms with van der Waals surface area (Å²) < 4.78 is 0. The van der Waals surface area contributed by atoms with Crippen LogP contribution in [0.15, 0.2) is 30.9 Å². The monoisotopic (exact) mass is 349 g/mol. The van der Waals surface area contributed by atoms with Crippen LogP contribution in [0.5, 0.6) is 0 Å². The highest BCUT2D eigenvalue weighted by Gasteiger charge is 2.35. The van der Waals surface area contributed by atoms with Gasteiger partial charge in [-0.25, -0.2) is 0 Å². The van der Waals surface area contributed by atoms with Crippen LogP contribution in [0.2, 0.25) is 0 Å². The van der Waals surface area contributed by atoms with Crippen molar-refractivity contribution in [2.24, 2.45) is 0 Å². The Labute approximate surface area is 146 Å². The molecule has 0 aliphatic carbocycles. The summed E-state index contributed by atoms with van der Waals surface area (Å²) in [6.07, 6.45) is 3.47. The average molecular weight is 350 g/mol. The normalized spacial score (nSPS) is 19.5. The van der Waals surface area contributed by atoms with Crippen LogP contribution in [0.1, 0.15) is 43.9 Å². The lowest BCUT2D eigenvalue weighted by atomic mass is 10.0. The molecule has 2 aliphatic rings. The maximum absolute atomic E-state index is 12.3. The van der Waals surface area contributed by atoms with Gasteiger partial charge in [0.05, 0.1) is 11.1 Å². The van der Waals surface area contributed by atoms with Crippen molar-refractivity contribution in [3.8, 4) is 0 Å². The van der Waals surface area contributed by atoms with Crippen LogP contribution >= 0.6 is 12.4 Å². The van der Waals surface area contributed by atoms with Crippen LogP contribution in [0.4, 0.5) is 0 Å². The molecule has 7 heteroatoms. The lowest BCUT2D eigenvalue weighted by Gasteiger charge is -2.23. The highest BCUT2D eigenvalue weighted by Crippen LogP contribution is 2.24. The topological polar surface area (TPSA) is 78.5 Å². The minimum atomic E-state index is -0.376. The third-order valence-corrected chi connectivity index (χ3v) is 4.18. The molecule has 2 N–H and O–H groups in total. The second-order valence-electron chi connectivity index (χ2n) is 5.79. The first kappa shape index (κ1) is 18.2. The smallest absolute Gasteiger partial charge is 0.261 e. The number of halogens is 1. The predicted molar refractivity (Wildman–Crippen MR) is 92.6 cm³/mol. The molecule has 1 saturated heterocycles. The fourth-order valence-corrected chi connectivity index (χ4v) is 2.97. The van der Waals surface area contributed by atoms with E-state index in [-0.39, 0.29) is 48.3 Å². The lowest BCUT2D eigenvalue weighted by Crippen LogP contribution is -2.45. The SMILES string of the molecule is C=CCN1C(=O)c2ccc(C(=O)N[C@H]3CCCNC3)cc2C1=O.Cl. The standard InChI is InChI=1S/C17H19N3O3.ClH/c1-2-8-20-16(22)13-6-5-11(9-14(13)17(20)23)15(21)19-12-4-3-7-18-10-12;/h2,5-6,9,12,18H,1,3-4,7-8,10H2,(H,19,21);1H/t12-;/m0./s1. The number of fused-ring (bicyclic) bond motifs is 1. The molecule has 0 saturated carbocycles. The number of nitrogens with zero attached hydrogens (tertiary/aromatic N) is 1. The van der Waals surface area contributed by atoms with Crippen molar-refractivity contribution in [3.05, 3.63) is 47.5 Å². The number of carbonyl (C=O) groups excluding carboxylic acids is 3. The Balaban J connectivity index is 0.00000208. The summed E-state index contributed by atoms with van der Waals surface area (Å²) in [4.78, 5) is 37.9. The number of piperidine rings is 1. The van der Waals surface area contributed by atoms with Crippen molar-refractivity contribution >= 4 is 30.1 Å². The minimum Gasteiger partial charge on any atom is -0.348 e. The van der Waals surface area contributed by atoms with Crippen LogP contribution < -0.4 is 10.6 Å². The number of hydrogen-bond donors (Lipinski definition) is 2. The molecule has 2 aliphatic heterocycles. The van der Waals surface area contributed by atoms with Crippen LogP contribution in [-0.2, 0) is 0 Å². The number of nitrogens with one attached hydrogen (secondary N) is 2. The first-order chi connectivity index (χ1) is 11.1. The molecule has 1 aromatic carbocycles. The van der Waals surface area contributed by atoms with Gasteiger partial charge in [0.15, 0.2) is 0 Å². The van der Waals surface area contributed by atoms with Gasteiger partial charge in [0.25, 0.3) is 17.7 Å². The second-order valence-corrected chi connectivity index (χ2v) is 5.79. The zero-order valence-electron chi connectivity index (χ0n) is 13.2. The largest absolute Gasteiger partial charge is 0.348 e. The molecule has 0 bridgehead atoms. The molecule has 0 aromatic heterocycles. The number of hydrogen-bond acceptors (Lipinski definition) is 4. The Morgan fingerprint density at radius 2 is 2.08 bits per heavy atom. The first-order valence-electron chi connectivity index (χ1n) is 7.74. The van der Waals surface area contributed by atoms with E-state index in [0.29, 0.717) is 11.1 Å². The Morgan fingerprint density at radius 1 is 1.33 bits per heavy atom. The van der Waals surface area contributed by atoms with Crippen LogP contribution in [-0.4, -0.2) is 48.3 Å². The van der Waals surface area contributed by atoms with Crippen molar-refractivity contribution in [2.75, 3.05) is 19.6 Å². The molecule has 1 aromatic rings. The summed E-state index contributed by atoms with van der Waals surface area (Å²) in [5.41, 5.74) is 1.02. The molecule has 128 valence electrons. The van der Waals surface area contributed by atoms with Gasteiger partial charge >= 0.3 is 0 Å². The summed E-state index contributed by atoms with van der Waals surface area (Å²) in [6.45, 7) is 5.44. The van der Waals surface area contributed by atoms with E-state index in [9.17, 15) is 14.4 Å². The average Bonchev–Trinajstić information content (AvgIpc) is 2.81. The molecule has 1 atom stereocenters. The van der Waals surface area contributed by atoms with E-state index in [4.69, 9.17) is 0 Å². The maximum atomic E-state index is 12.3. The molecule has 0 radical (unpaired) electrons. The summed E-state index contributed by atoms with van der Waals surface area (Å²) in [6, 6.07) is 4.74.